The number of likely N-dealkylation sites (tertiary alicyclic amines) is 1. The van der Waals surface area contributed by atoms with Crippen LogP contribution in [0.1, 0.15) is 33.6 Å². The third kappa shape index (κ3) is 4.12. The molecule has 0 aromatic carbocycles. The second-order valence-electron chi connectivity index (χ2n) is 6.57. The van der Waals surface area contributed by atoms with Gasteiger partial charge < -0.3 is 15.5 Å². The van der Waals surface area contributed by atoms with Crippen molar-refractivity contribution >= 4 is 23.6 Å². The van der Waals surface area contributed by atoms with Crippen LogP contribution in [0.2, 0.25) is 0 Å². The molecule has 2 N–H and O–H groups in total. The predicted octanol–water partition coefficient (Wildman–Crippen LogP) is 0.597. The Morgan fingerprint density at radius 3 is 2.80 bits per heavy atom. The van der Waals surface area contributed by atoms with Gasteiger partial charge in [0.15, 0.2) is 0 Å². The van der Waals surface area contributed by atoms with Gasteiger partial charge >= 0.3 is 0 Å². The van der Waals surface area contributed by atoms with E-state index in [-0.39, 0.29) is 29.4 Å². The Balaban J connectivity index is 1.79. The molecule has 0 aliphatic carbocycles. The highest BCUT2D eigenvalue weighted by atomic mass is 32.2. The molecule has 2 saturated heterocycles. The zero-order valence-electron chi connectivity index (χ0n) is 12.6. The zero-order chi connectivity index (χ0) is 14.8. The number of nitrogens with one attached hydrogen (secondary N) is 2. The number of nitrogens with zero attached hydrogens (tertiary/aromatic N) is 1. The monoisotopic (exact) mass is 299 g/mol. The molecule has 20 heavy (non-hydrogen) atoms. The number of rotatable bonds is 3. The lowest BCUT2D eigenvalue weighted by molar-refractivity contribution is -0.131. The summed E-state index contributed by atoms with van der Waals surface area (Å²) >= 11 is 1.89. The van der Waals surface area contributed by atoms with Crippen LogP contribution >= 0.6 is 11.8 Å². The summed E-state index contributed by atoms with van der Waals surface area (Å²) in [6, 6.07) is 0.232. The van der Waals surface area contributed by atoms with Gasteiger partial charge in [-0.1, -0.05) is 0 Å². The fourth-order valence-corrected chi connectivity index (χ4v) is 3.66. The van der Waals surface area contributed by atoms with E-state index in [9.17, 15) is 9.59 Å². The second-order valence-corrected chi connectivity index (χ2v) is 7.72. The Labute approximate surface area is 125 Å². The Morgan fingerprint density at radius 1 is 1.50 bits per heavy atom. The molecule has 2 atom stereocenters. The lowest BCUT2D eigenvalue weighted by Gasteiger charge is -2.32. The van der Waals surface area contributed by atoms with Crippen molar-refractivity contribution in [2.24, 2.45) is 0 Å². The molecule has 114 valence electrons. The highest BCUT2D eigenvalue weighted by Gasteiger charge is 2.36. The molecule has 0 bridgehead atoms. The number of hydrogen-bond acceptors (Lipinski definition) is 4. The molecular formula is C14H25N3O2S. The van der Waals surface area contributed by atoms with Crippen LogP contribution in [0, 0.1) is 0 Å². The van der Waals surface area contributed by atoms with Crippen LogP contribution in [-0.4, -0.2) is 58.9 Å². The van der Waals surface area contributed by atoms with E-state index in [2.05, 4.69) is 10.6 Å². The van der Waals surface area contributed by atoms with Gasteiger partial charge in [-0.25, -0.2) is 0 Å². The summed E-state index contributed by atoms with van der Waals surface area (Å²) in [6.07, 6.45) is 0.934. The Bertz CT molecular complexity index is 375. The first-order chi connectivity index (χ1) is 9.36. The summed E-state index contributed by atoms with van der Waals surface area (Å²) in [5.74, 6) is 2.30. The zero-order valence-corrected chi connectivity index (χ0v) is 13.4. The van der Waals surface area contributed by atoms with E-state index in [1.165, 1.54) is 0 Å². The van der Waals surface area contributed by atoms with Crippen LogP contribution in [-0.2, 0) is 9.59 Å². The van der Waals surface area contributed by atoms with Crippen molar-refractivity contribution in [2.75, 3.05) is 24.6 Å². The van der Waals surface area contributed by atoms with Crippen LogP contribution < -0.4 is 10.6 Å². The van der Waals surface area contributed by atoms with Gasteiger partial charge in [0.25, 0.3) is 0 Å². The summed E-state index contributed by atoms with van der Waals surface area (Å²) < 4.78 is 0. The number of amides is 2. The fraction of sp³-hybridized carbons (Fsp3) is 0.857. The standard InChI is InChI=1S/C14H25N3O2S/c1-14(2,3)17-8-10(7-13(17)19)16-12(18)6-11-9-20-5-4-15-11/h10-11,15H,4-9H2,1-3H3,(H,16,18). The first kappa shape index (κ1) is 15.6. The highest BCUT2D eigenvalue weighted by Crippen LogP contribution is 2.22. The number of carbonyl (C=O) groups is 2. The van der Waals surface area contributed by atoms with Crippen molar-refractivity contribution in [3.8, 4) is 0 Å². The summed E-state index contributed by atoms with van der Waals surface area (Å²) in [5, 5.41) is 6.37. The number of carbonyl (C=O) groups excluding carboxylic acids is 2. The Hall–Kier alpha value is -0.750. The maximum Gasteiger partial charge on any atom is 0.225 e. The molecule has 6 heteroatoms. The molecule has 2 aliphatic rings. The molecule has 2 rings (SSSR count). The third-order valence-corrected chi connectivity index (χ3v) is 4.86. The fourth-order valence-electron chi connectivity index (χ4n) is 2.71. The topological polar surface area (TPSA) is 61.4 Å². The van der Waals surface area contributed by atoms with E-state index < -0.39 is 0 Å². The lowest BCUT2D eigenvalue weighted by Crippen LogP contribution is -2.46. The average molecular weight is 299 g/mol. The normalized spacial score (nSPS) is 27.8. The van der Waals surface area contributed by atoms with Gasteiger partial charge in [-0.3, -0.25) is 9.59 Å². The van der Waals surface area contributed by atoms with Crippen molar-refractivity contribution in [1.82, 2.24) is 15.5 Å². The quantitative estimate of drug-likeness (QED) is 0.801. The van der Waals surface area contributed by atoms with Crippen molar-refractivity contribution < 1.29 is 9.59 Å². The molecule has 2 unspecified atom stereocenters. The summed E-state index contributed by atoms with van der Waals surface area (Å²) in [4.78, 5) is 25.9. The molecule has 0 aromatic rings. The predicted molar refractivity (Wildman–Crippen MR) is 81.7 cm³/mol. The van der Waals surface area contributed by atoms with Crippen LogP contribution in [0.4, 0.5) is 0 Å². The molecule has 2 fully saturated rings. The molecule has 0 saturated carbocycles. The minimum absolute atomic E-state index is 0.0366. The smallest absolute Gasteiger partial charge is 0.225 e. The van der Waals surface area contributed by atoms with Crippen molar-refractivity contribution in [2.45, 2.75) is 51.2 Å². The van der Waals surface area contributed by atoms with E-state index in [1.807, 2.05) is 37.4 Å². The van der Waals surface area contributed by atoms with Crippen LogP contribution in [0.15, 0.2) is 0 Å². The van der Waals surface area contributed by atoms with Gasteiger partial charge in [-0.05, 0) is 20.8 Å². The number of hydrogen-bond donors (Lipinski definition) is 2. The summed E-state index contributed by atoms with van der Waals surface area (Å²) in [7, 11) is 0. The Morgan fingerprint density at radius 2 is 2.25 bits per heavy atom. The van der Waals surface area contributed by atoms with Gasteiger partial charge in [-0.15, -0.1) is 0 Å². The van der Waals surface area contributed by atoms with Crippen LogP contribution in [0.25, 0.3) is 0 Å². The van der Waals surface area contributed by atoms with Gasteiger partial charge in [0, 0.05) is 49.0 Å². The minimum atomic E-state index is -0.169. The first-order valence-electron chi connectivity index (χ1n) is 7.27. The largest absolute Gasteiger partial charge is 0.351 e. The van der Waals surface area contributed by atoms with Gasteiger partial charge in [0.2, 0.25) is 11.8 Å². The maximum absolute atomic E-state index is 12.0. The van der Waals surface area contributed by atoms with E-state index in [4.69, 9.17) is 0 Å². The van der Waals surface area contributed by atoms with Gasteiger partial charge in [0.1, 0.15) is 0 Å². The summed E-state index contributed by atoms with van der Waals surface area (Å²) in [5.41, 5.74) is -0.169. The van der Waals surface area contributed by atoms with Gasteiger partial charge in [-0.2, -0.15) is 11.8 Å². The summed E-state index contributed by atoms with van der Waals surface area (Å²) in [6.45, 7) is 7.68. The van der Waals surface area contributed by atoms with Crippen LogP contribution in [0.5, 0.6) is 0 Å². The van der Waals surface area contributed by atoms with Crippen molar-refractivity contribution in [1.29, 1.82) is 0 Å². The van der Waals surface area contributed by atoms with E-state index >= 15 is 0 Å². The third-order valence-electron chi connectivity index (χ3n) is 3.73. The van der Waals surface area contributed by atoms with Gasteiger partial charge in [0.05, 0.1) is 6.04 Å². The van der Waals surface area contributed by atoms with E-state index in [0.29, 0.717) is 19.4 Å². The molecule has 2 heterocycles. The molecule has 5 nitrogen and oxygen atoms in total. The van der Waals surface area contributed by atoms with Crippen molar-refractivity contribution in [3.05, 3.63) is 0 Å². The molecule has 2 amide bonds. The first-order valence-corrected chi connectivity index (χ1v) is 8.42. The van der Waals surface area contributed by atoms with E-state index in [1.54, 1.807) is 0 Å². The second kappa shape index (κ2) is 6.35. The maximum atomic E-state index is 12.0. The minimum Gasteiger partial charge on any atom is -0.351 e. The van der Waals surface area contributed by atoms with Crippen molar-refractivity contribution in [3.63, 3.8) is 0 Å². The highest BCUT2D eigenvalue weighted by molar-refractivity contribution is 7.99. The molecule has 0 spiro atoms. The van der Waals surface area contributed by atoms with Crippen LogP contribution in [0.3, 0.4) is 0 Å². The lowest BCUT2D eigenvalue weighted by atomic mass is 10.1. The SMILES string of the molecule is CC(C)(C)N1CC(NC(=O)CC2CSCCN2)CC1=O. The average Bonchev–Trinajstić information content (AvgIpc) is 2.71. The number of thioether (sulfide) groups is 1. The molecule has 0 radical (unpaired) electrons. The Kier molecular flexibility index (Phi) is 4.96. The molecule has 0 aromatic heterocycles. The molecular weight excluding hydrogens is 274 g/mol. The van der Waals surface area contributed by atoms with E-state index in [0.717, 1.165) is 18.1 Å². The molecule has 2 aliphatic heterocycles.